The maximum absolute atomic E-state index is 12.5. The fourth-order valence-corrected chi connectivity index (χ4v) is 2.34. The molecule has 14 heteroatoms. The summed E-state index contributed by atoms with van der Waals surface area (Å²) in [7, 11) is 0. The van der Waals surface area contributed by atoms with E-state index in [2.05, 4.69) is 23.3 Å². The standard InChI is InChI=1S/C16H27N5O8S/c1-6(2)12(18)15(27)20-7(3-10(17)22)13(25)19-8(4-11(23)24)14(26)21-9(5-30)16(28)29/h6-9,12,30H,3-5,18H2,1-2H3,(H2,17,22)(H,19,25)(H,20,27)(H,21,26)(H,23,24)(H,28,29). The summed E-state index contributed by atoms with van der Waals surface area (Å²) in [5, 5.41) is 24.3. The second-order valence-corrected chi connectivity index (χ2v) is 7.11. The second-order valence-electron chi connectivity index (χ2n) is 6.74. The van der Waals surface area contributed by atoms with Crippen molar-refractivity contribution in [2.24, 2.45) is 17.4 Å². The van der Waals surface area contributed by atoms with E-state index in [1.807, 2.05) is 5.32 Å². The molecule has 0 fully saturated rings. The summed E-state index contributed by atoms with van der Waals surface area (Å²) in [5.74, 6) is -7.34. The Morgan fingerprint density at radius 1 is 0.833 bits per heavy atom. The topological polar surface area (TPSA) is 231 Å². The summed E-state index contributed by atoms with van der Waals surface area (Å²) in [6.45, 7) is 3.31. The third kappa shape index (κ3) is 9.56. The van der Waals surface area contributed by atoms with Gasteiger partial charge in [-0.05, 0) is 5.92 Å². The maximum Gasteiger partial charge on any atom is 0.327 e. The van der Waals surface area contributed by atoms with Crippen molar-refractivity contribution in [3.8, 4) is 0 Å². The number of hydrogen-bond acceptors (Lipinski definition) is 8. The molecule has 0 aromatic heterocycles. The van der Waals surface area contributed by atoms with Crippen LogP contribution in [0.2, 0.25) is 0 Å². The summed E-state index contributed by atoms with van der Waals surface area (Å²) in [6.07, 6.45) is -1.53. The van der Waals surface area contributed by atoms with Crippen molar-refractivity contribution in [2.45, 2.75) is 50.9 Å². The van der Waals surface area contributed by atoms with Crippen LogP contribution in [0.4, 0.5) is 0 Å². The van der Waals surface area contributed by atoms with Gasteiger partial charge in [-0.2, -0.15) is 12.6 Å². The number of carbonyl (C=O) groups excluding carboxylic acids is 4. The average molecular weight is 449 g/mol. The molecule has 0 saturated carbocycles. The number of amides is 4. The van der Waals surface area contributed by atoms with Gasteiger partial charge in [-0.15, -0.1) is 0 Å². The van der Waals surface area contributed by atoms with E-state index >= 15 is 0 Å². The van der Waals surface area contributed by atoms with Crippen LogP contribution < -0.4 is 27.4 Å². The SMILES string of the molecule is CC(C)C(N)C(=O)NC(CC(N)=O)C(=O)NC(CC(=O)O)C(=O)NC(CS)C(=O)O. The predicted octanol–water partition coefficient (Wildman–Crippen LogP) is -3.21. The lowest BCUT2D eigenvalue weighted by Gasteiger charge is -2.24. The molecule has 0 aliphatic rings. The molecule has 0 aliphatic carbocycles. The van der Waals surface area contributed by atoms with E-state index in [9.17, 15) is 28.8 Å². The highest BCUT2D eigenvalue weighted by Crippen LogP contribution is 2.03. The molecular weight excluding hydrogens is 422 g/mol. The molecule has 0 aliphatic heterocycles. The first-order valence-electron chi connectivity index (χ1n) is 8.80. The number of primary amides is 1. The van der Waals surface area contributed by atoms with E-state index < -0.39 is 72.6 Å². The number of nitrogens with two attached hydrogens (primary N) is 2. The lowest BCUT2D eigenvalue weighted by atomic mass is 10.0. The second kappa shape index (κ2) is 12.6. The van der Waals surface area contributed by atoms with Crippen LogP contribution in [0, 0.1) is 5.92 Å². The van der Waals surface area contributed by atoms with Crippen molar-refractivity contribution < 1.29 is 39.0 Å². The number of rotatable bonds is 13. The third-order valence-corrected chi connectivity index (χ3v) is 4.23. The van der Waals surface area contributed by atoms with Gasteiger partial charge in [0, 0.05) is 5.75 Å². The first-order chi connectivity index (χ1) is 13.8. The van der Waals surface area contributed by atoms with E-state index in [0.717, 1.165) is 0 Å². The van der Waals surface area contributed by atoms with Crippen LogP contribution in [0.15, 0.2) is 0 Å². The highest BCUT2D eigenvalue weighted by Gasteiger charge is 2.32. The molecule has 0 radical (unpaired) electrons. The van der Waals surface area contributed by atoms with Crippen LogP contribution in [0.25, 0.3) is 0 Å². The van der Waals surface area contributed by atoms with Gasteiger partial charge >= 0.3 is 11.9 Å². The molecule has 0 spiro atoms. The zero-order chi connectivity index (χ0) is 23.6. The van der Waals surface area contributed by atoms with E-state index in [-0.39, 0.29) is 11.7 Å². The molecule has 0 aromatic carbocycles. The number of carboxylic acids is 2. The van der Waals surface area contributed by atoms with Gasteiger partial charge in [-0.1, -0.05) is 13.8 Å². The molecular formula is C16H27N5O8S. The van der Waals surface area contributed by atoms with Gasteiger partial charge < -0.3 is 37.6 Å². The molecule has 170 valence electrons. The molecule has 13 nitrogen and oxygen atoms in total. The number of carbonyl (C=O) groups is 6. The van der Waals surface area contributed by atoms with Crippen LogP contribution in [-0.2, 0) is 28.8 Å². The van der Waals surface area contributed by atoms with Gasteiger partial charge in [0.2, 0.25) is 23.6 Å². The molecule has 4 atom stereocenters. The van der Waals surface area contributed by atoms with Crippen molar-refractivity contribution in [1.29, 1.82) is 0 Å². The normalized spacial score (nSPS) is 14.7. The Labute approximate surface area is 177 Å². The monoisotopic (exact) mass is 449 g/mol. The zero-order valence-electron chi connectivity index (χ0n) is 16.5. The molecule has 0 rings (SSSR count). The average Bonchev–Trinajstić information content (AvgIpc) is 2.62. The van der Waals surface area contributed by atoms with Crippen LogP contribution in [-0.4, -0.2) is 75.7 Å². The fourth-order valence-electron chi connectivity index (χ4n) is 2.10. The largest absolute Gasteiger partial charge is 0.481 e. The first-order valence-corrected chi connectivity index (χ1v) is 9.43. The van der Waals surface area contributed by atoms with Gasteiger partial charge in [-0.25, -0.2) is 4.79 Å². The van der Waals surface area contributed by atoms with Gasteiger partial charge in [0.1, 0.15) is 18.1 Å². The summed E-state index contributed by atoms with van der Waals surface area (Å²) >= 11 is 3.77. The Kier molecular flexibility index (Phi) is 11.4. The Hall–Kier alpha value is -2.87. The van der Waals surface area contributed by atoms with E-state index in [4.69, 9.17) is 21.7 Å². The Bertz CT molecular complexity index is 687. The van der Waals surface area contributed by atoms with E-state index in [1.165, 1.54) is 0 Å². The van der Waals surface area contributed by atoms with Gasteiger partial charge in [-0.3, -0.25) is 24.0 Å². The number of nitrogens with one attached hydrogen (secondary N) is 3. The molecule has 4 amide bonds. The molecule has 0 bridgehead atoms. The van der Waals surface area contributed by atoms with Gasteiger partial charge in [0.05, 0.1) is 18.9 Å². The highest BCUT2D eigenvalue weighted by atomic mass is 32.1. The number of hydrogen-bond donors (Lipinski definition) is 8. The Morgan fingerprint density at radius 2 is 1.27 bits per heavy atom. The van der Waals surface area contributed by atoms with E-state index in [0.29, 0.717) is 0 Å². The van der Waals surface area contributed by atoms with Crippen molar-refractivity contribution in [3.05, 3.63) is 0 Å². The highest BCUT2D eigenvalue weighted by molar-refractivity contribution is 7.80. The van der Waals surface area contributed by atoms with Crippen LogP contribution in [0.5, 0.6) is 0 Å². The summed E-state index contributed by atoms with van der Waals surface area (Å²) in [6, 6.07) is -5.65. The molecule has 4 unspecified atom stereocenters. The minimum absolute atomic E-state index is 0.289. The third-order valence-electron chi connectivity index (χ3n) is 3.87. The quantitative estimate of drug-likeness (QED) is 0.132. The summed E-state index contributed by atoms with van der Waals surface area (Å²) in [4.78, 5) is 70.2. The number of aliphatic carboxylic acids is 2. The smallest absolute Gasteiger partial charge is 0.327 e. The summed E-state index contributed by atoms with van der Waals surface area (Å²) in [5.41, 5.74) is 10.8. The van der Waals surface area contributed by atoms with Gasteiger partial charge in [0.25, 0.3) is 0 Å². The van der Waals surface area contributed by atoms with Crippen LogP contribution >= 0.6 is 12.6 Å². The minimum Gasteiger partial charge on any atom is -0.481 e. The first kappa shape index (κ1) is 27.1. The molecule has 0 heterocycles. The molecule has 0 saturated heterocycles. The van der Waals surface area contributed by atoms with Gasteiger partial charge in [0.15, 0.2) is 0 Å². The van der Waals surface area contributed by atoms with Crippen molar-refractivity contribution in [2.75, 3.05) is 5.75 Å². The Balaban J connectivity index is 5.48. The summed E-state index contributed by atoms with van der Waals surface area (Å²) < 4.78 is 0. The molecule has 0 aromatic rings. The van der Waals surface area contributed by atoms with Crippen LogP contribution in [0.1, 0.15) is 26.7 Å². The maximum atomic E-state index is 12.5. The number of carboxylic acid groups (broad SMARTS) is 2. The molecule has 30 heavy (non-hydrogen) atoms. The Morgan fingerprint density at radius 3 is 1.63 bits per heavy atom. The lowest BCUT2D eigenvalue weighted by Crippen LogP contribution is -2.58. The lowest BCUT2D eigenvalue weighted by molar-refractivity contribution is -0.143. The minimum atomic E-state index is -1.69. The fraction of sp³-hybridized carbons (Fsp3) is 0.625. The molecule has 9 N–H and O–H groups in total. The number of thiol groups is 1. The van der Waals surface area contributed by atoms with Crippen molar-refractivity contribution >= 4 is 48.2 Å². The van der Waals surface area contributed by atoms with Crippen molar-refractivity contribution in [3.63, 3.8) is 0 Å². The zero-order valence-corrected chi connectivity index (χ0v) is 17.3. The predicted molar refractivity (Wildman–Crippen MR) is 106 cm³/mol. The van der Waals surface area contributed by atoms with E-state index in [1.54, 1.807) is 13.8 Å². The van der Waals surface area contributed by atoms with Crippen molar-refractivity contribution in [1.82, 2.24) is 16.0 Å². The van der Waals surface area contributed by atoms with Crippen LogP contribution in [0.3, 0.4) is 0 Å².